The molecule has 3 rings (SSSR count). The van der Waals surface area contributed by atoms with Gasteiger partial charge in [-0.25, -0.2) is 8.78 Å². The molecule has 4 nitrogen and oxygen atoms in total. The van der Waals surface area contributed by atoms with E-state index in [0.29, 0.717) is 6.54 Å². The van der Waals surface area contributed by atoms with Gasteiger partial charge in [0.15, 0.2) is 0 Å². The Hall–Kier alpha value is -2.18. The molecular weight excluding hydrogens is 360 g/mol. The van der Waals surface area contributed by atoms with Gasteiger partial charge in [-0.1, -0.05) is 11.6 Å². The smallest absolute Gasteiger partial charge is 0.252 e. The molecule has 1 saturated heterocycles. The maximum atomic E-state index is 13.0. The molecule has 1 heterocycles. The highest BCUT2D eigenvalue weighted by molar-refractivity contribution is 6.33. The minimum atomic E-state index is -0.467. The van der Waals surface area contributed by atoms with Crippen LogP contribution in [0.4, 0.5) is 14.5 Å². The molecule has 0 saturated carbocycles. The zero-order valence-electron chi connectivity index (χ0n) is 14.2. The van der Waals surface area contributed by atoms with Crippen LogP contribution in [0, 0.1) is 11.6 Å². The molecule has 1 N–H and O–H groups in total. The number of halogens is 3. The predicted octanol–water partition coefficient (Wildman–Crippen LogP) is 3.17. The Bertz CT molecular complexity index is 762. The zero-order valence-corrected chi connectivity index (χ0v) is 15.0. The lowest BCUT2D eigenvalue weighted by Gasteiger charge is -2.36. The van der Waals surface area contributed by atoms with Crippen LogP contribution in [0.2, 0.25) is 5.02 Å². The number of carbonyl (C=O) groups is 1. The van der Waals surface area contributed by atoms with Gasteiger partial charge in [-0.3, -0.25) is 9.69 Å². The van der Waals surface area contributed by atoms with E-state index < -0.39 is 5.82 Å². The molecule has 26 heavy (non-hydrogen) atoms. The number of hydrogen-bond acceptors (Lipinski definition) is 3. The van der Waals surface area contributed by atoms with E-state index in [1.54, 1.807) is 12.1 Å². The second-order valence-electron chi connectivity index (χ2n) is 6.19. The third-order valence-electron chi connectivity index (χ3n) is 4.45. The van der Waals surface area contributed by atoms with Crippen molar-refractivity contribution in [3.63, 3.8) is 0 Å². The topological polar surface area (TPSA) is 35.6 Å². The molecule has 1 amide bonds. The lowest BCUT2D eigenvalue weighted by molar-refractivity contribution is 0.0948. The maximum absolute atomic E-state index is 13.0. The van der Waals surface area contributed by atoms with Gasteiger partial charge in [0, 0.05) is 45.0 Å². The highest BCUT2D eigenvalue weighted by Crippen LogP contribution is 2.18. The van der Waals surface area contributed by atoms with E-state index in [1.807, 2.05) is 0 Å². The Kier molecular flexibility index (Phi) is 6.06. The molecule has 0 radical (unpaired) electrons. The summed E-state index contributed by atoms with van der Waals surface area (Å²) in [7, 11) is 0. The number of amides is 1. The van der Waals surface area contributed by atoms with Crippen molar-refractivity contribution in [3.8, 4) is 0 Å². The van der Waals surface area contributed by atoms with Gasteiger partial charge in [-0.2, -0.15) is 0 Å². The number of anilines is 1. The lowest BCUT2D eigenvalue weighted by Crippen LogP contribution is -2.48. The molecule has 7 heteroatoms. The highest BCUT2D eigenvalue weighted by atomic mass is 35.5. The van der Waals surface area contributed by atoms with Crippen LogP contribution in [0.1, 0.15) is 10.4 Å². The summed E-state index contributed by atoms with van der Waals surface area (Å²) in [6.45, 7) is 4.65. The van der Waals surface area contributed by atoms with Gasteiger partial charge in [0.1, 0.15) is 11.6 Å². The van der Waals surface area contributed by atoms with Crippen molar-refractivity contribution in [2.45, 2.75) is 0 Å². The fraction of sp³-hybridized carbons (Fsp3) is 0.316. The van der Waals surface area contributed by atoms with Crippen LogP contribution in [0.15, 0.2) is 42.5 Å². The average molecular weight is 380 g/mol. The van der Waals surface area contributed by atoms with Gasteiger partial charge in [0.05, 0.1) is 10.6 Å². The minimum absolute atomic E-state index is 0.107. The Balaban J connectivity index is 1.42. The van der Waals surface area contributed by atoms with Gasteiger partial charge in [-0.15, -0.1) is 0 Å². The number of carbonyl (C=O) groups excluding carboxylic acids is 1. The molecule has 1 aliphatic rings. The summed E-state index contributed by atoms with van der Waals surface area (Å²) in [5.41, 5.74) is 1.29. The van der Waals surface area contributed by atoms with Gasteiger partial charge < -0.3 is 10.2 Å². The largest absolute Gasteiger partial charge is 0.369 e. The first-order valence-electron chi connectivity index (χ1n) is 8.49. The van der Waals surface area contributed by atoms with E-state index in [1.165, 1.54) is 24.3 Å². The van der Waals surface area contributed by atoms with Crippen molar-refractivity contribution in [1.82, 2.24) is 10.2 Å². The van der Waals surface area contributed by atoms with Crippen molar-refractivity contribution in [1.29, 1.82) is 0 Å². The third kappa shape index (κ3) is 4.71. The summed E-state index contributed by atoms with van der Waals surface area (Å²) in [6, 6.07) is 10.3. The molecule has 0 bridgehead atoms. The number of hydrogen-bond donors (Lipinski definition) is 1. The molecule has 0 atom stereocenters. The number of rotatable bonds is 5. The first kappa shape index (κ1) is 18.6. The first-order valence-corrected chi connectivity index (χ1v) is 8.87. The lowest BCUT2D eigenvalue weighted by atomic mass is 10.2. The van der Waals surface area contributed by atoms with Crippen molar-refractivity contribution >= 4 is 23.2 Å². The fourth-order valence-electron chi connectivity index (χ4n) is 2.98. The molecule has 1 aliphatic heterocycles. The van der Waals surface area contributed by atoms with Gasteiger partial charge in [0.25, 0.3) is 5.91 Å². The molecule has 138 valence electrons. The molecule has 2 aromatic carbocycles. The maximum Gasteiger partial charge on any atom is 0.252 e. The number of benzene rings is 2. The Labute approximate surface area is 156 Å². The second-order valence-corrected chi connectivity index (χ2v) is 6.59. The summed E-state index contributed by atoms with van der Waals surface area (Å²) >= 11 is 5.90. The van der Waals surface area contributed by atoms with Gasteiger partial charge in [0.2, 0.25) is 0 Å². The average Bonchev–Trinajstić information content (AvgIpc) is 2.63. The monoisotopic (exact) mass is 379 g/mol. The summed E-state index contributed by atoms with van der Waals surface area (Å²) < 4.78 is 26.0. The predicted molar refractivity (Wildman–Crippen MR) is 98.8 cm³/mol. The molecular formula is C19H20ClF2N3O. The van der Waals surface area contributed by atoms with E-state index in [0.717, 1.165) is 44.5 Å². The van der Waals surface area contributed by atoms with Gasteiger partial charge >= 0.3 is 0 Å². The van der Waals surface area contributed by atoms with Gasteiger partial charge in [-0.05, 0) is 42.5 Å². The van der Waals surface area contributed by atoms with Crippen molar-refractivity contribution < 1.29 is 13.6 Å². The molecule has 0 spiro atoms. The van der Waals surface area contributed by atoms with E-state index >= 15 is 0 Å². The van der Waals surface area contributed by atoms with Crippen LogP contribution in [-0.4, -0.2) is 50.1 Å². The standard InChI is InChI=1S/C19H20ClF2N3O/c20-18-13-15(22)3-6-17(18)19(26)23-7-8-24-9-11-25(12-10-24)16-4-1-14(21)2-5-16/h1-6,13H,7-12H2,(H,23,26). The zero-order chi connectivity index (χ0) is 18.5. The normalized spacial score (nSPS) is 15.1. The molecule has 0 aromatic heterocycles. The number of nitrogens with zero attached hydrogens (tertiary/aromatic N) is 2. The summed E-state index contributed by atoms with van der Waals surface area (Å²) in [4.78, 5) is 16.6. The number of piperazine rings is 1. The fourth-order valence-corrected chi connectivity index (χ4v) is 3.23. The minimum Gasteiger partial charge on any atom is -0.369 e. The van der Waals surface area contributed by atoms with Crippen LogP contribution < -0.4 is 10.2 Å². The molecule has 0 unspecified atom stereocenters. The summed E-state index contributed by atoms with van der Waals surface area (Å²) in [6.07, 6.45) is 0. The van der Waals surface area contributed by atoms with Crippen molar-refractivity contribution in [3.05, 3.63) is 64.7 Å². The highest BCUT2D eigenvalue weighted by Gasteiger charge is 2.17. The summed E-state index contributed by atoms with van der Waals surface area (Å²) in [5, 5.41) is 2.92. The third-order valence-corrected chi connectivity index (χ3v) is 4.77. The summed E-state index contributed by atoms with van der Waals surface area (Å²) in [5.74, 6) is -1.00. The Morgan fingerprint density at radius 1 is 1.00 bits per heavy atom. The number of nitrogens with one attached hydrogen (secondary N) is 1. The second kappa shape index (κ2) is 8.47. The Morgan fingerprint density at radius 3 is 2.31 bits per heavy atom. The van der Waals surface area contributed by atoms with Crippen LogP contribution in [-0.2, 0) is 0 Å². The molecule has 0 aliphatic carbocycles. The van der Waals surface area contributed by atoms with Crippen LogP contribution in [0.3, 0.4) is 0 Å². The quantitative estimate of drug-likeness (QED) is 0.866. The molecule has 1 fully saturated rings. The first-order chi connectivity index (χ1) is 12.5. The van der Waals surface area contributed by atoms with E-state index in [9.17, 15) is 13.6 Å². The van der Waals surface area contributed by atoms with Crippen LogP contribution >= 0.6 is 11.6 Å². The molecule has 2 aromatic rings. The van der Waals surface area contributed by atoms with E-state index in [4.69, 9.17) is 11.6 Å². The SMILES string of the molecule is O=C(NCCN1CCN(c2ccc(F)cc2)CC1)c1ccc(F)cc1Cl. The van der Waals surface area contributed by atoms with Crippen molar-refractivity contribution in [2.24, 2.45) is 0 Å². The van der Waals surface area contributed by atoms with E-state index in [-0.39, 0.29) is 22.3 Å². The van der Waals surface area contributed by atoms with Crippen molar-refractivity contribution in [2.75, 3.05) is 44.2 Å². The van der Waals surface area contributed by atoms with Crippen LogP contribution in [0.25, 0.3) is 0 Å². The Morgan fingerprint density at radius 2 is 1.65 bits per heavy atom. The van der Waals surface area contributed by atoms with Crippen LogP contribution in [0.5, 0.6) is 0 Å². The van der Waals surface area contributed by atoms with E-state index in [2.05, 4.69) is 15.1 Å².